The molecular formula is C10H11BrFNO2S. The highest BCUT2D eigenvalue weighted by Gasteiger charge is 2.18. The van der Waals surface area contributed by atoms with E-state index in [0.717, 1.165) is 0 Å². The van der Waals surface area contributed by atoms with Crippen molar-refractivity contribution in [2.24, 2.45) is 0 Å². The molecule has 1 heterocycles. The number of benzene rings is 1. The summed E-state index contributed by atoms with van der Waals surface area (Å²) in [7, 11) is -1.30. The number of rotatable bonds is 2. The summed E-state index contributed by atoms with van der Waals surface area (Å²) in [6.07, 6.45) is 0. The van der Waals surface area contributed by atoms with Crippen molar-refractivity contribution in [1.82, 2.24) is 4.31 Å². The third-order valence-corrected chi connectivity index (χ3v) is 4.43. The Morgan fingerprint density at radius 1 is 1.38 bits per heavy atom. The summed E-state index contributed by atoms with van der Waals surface area (Å²) in [4.78, 5) is 0.489. The zero-order valence-corrected chi connectivity index (χ0v) is 10.9. The lowest BCUT2D eigenvalue weighted by Gasteiger charge is -2.25. The molecule has 0 N–H and O–H groups in total. The number of morpholine rings is 1. The van der Waals surface area contributed by atoms with Crippen LogP contribution in [0.2, 0.25) is 0 Å². The average Bonchev–Trinajstić information content (AvgIpc) is 2.33. The molecular weight excluding hydrogens is 297 g/mol. The minimum Gasteiger partial charge on any atom is -0.379 e. The summed E-state index contributed by atoms with van der Waals surface area (Å²) in [5, 5.41) is 0. The van der Waals surface area contributed by atoms with Gasteiger partial charge in [0, 0.05) is 13.1 Å². The van der Waals surface area contributed by atoms with Crippen LogP contribution in [-0.4, -0.2) is 34.8 Å². The number of ether oxygens (including phenoxy) is 1. The van der Waals surface area contributed by atoms with E-state index in [1.54, 1.807) is 16.4 Å². The van der Waals surface area contributed by atoms with Crippen molar-refractivity contribution in [1.29, 1.82) is 0 Å². The molecule has 1 saturated heterocycles. The molecule has 1 atom stereocenters. The van der Waals surface area contributed by atoms with E-state index >= 15 is 0 Å². The van der Waals surface area contributed by atoms with Crippen LogP contribution in [0.5, 0.6) is 0 Å². The number of halogens is 2. The maximum atomic E-state index is 13.3. The van der Waals surface area contributed by atoms with Gasteiger partial charge in [0.25, 0.3) is 0 Å². The molecule has 0 amide bonds. The first-order valence-corrected chi connectivity index (χ1v) is 6.78. The quantitative estimate of drug-likeness (QED) is 0.836. The van der Waals surface area contributed by atoms with E-state index in [0.29, 0.717) is 35.7 Å². The Kier molecular flexibility index (Phi) is 4.07. The van der Waals surface area contributed by atoms with Gasteiger partial charge >= 0.3 is 0 Å². The summed E-state index contributed by atoms with van der Waals surface area (Å²) in [6, 6.07) is 4.54. The van der Waals surface area contributed by atoms with Crippen molar-refractivity contribution in [2.75, 3.05) is 26.3 Å². The smallest absolute Gasteiger partial charge is 0.138 e. The summed E-state index contributed by atoms with van der Waals surface area (Å²) in [5.74, 6) is -0.390. The van der Waals surface area contributed by atoms with Crippen molar-refractivity contribution in [3.8, 4) is 0 Å². The Morgan fingerprint density at radius 3 is 2.69 bits per heavy atom. The number of nitrogens with zero attached hydrogens (tertiary/aromatic N) is 1. The third-order valence-electron chi connectivity index (χ3n) is 2.30. The highest BCUT2D eigenvalue weighted by atomic mass is 79.9. The first-order valence-electron chi connectivity index (χ1n) is 4.88. The number of hydrogen-bond acceptors (Lipinski definition) is 2. The molecule has 1 aliphatic rings. The molecule has 0 bridgehead atoms. The largest absolute Gasteiger partial charge is 0.379 e. The molecule has 2 rings (SSSR count). The fraction of sp³-hybridized carbons (Fsp3) is 0.400. The lowest BCUT2D eigenvalue weighted by atomic mass is 10.3. The van der Waals surface area contributed by atoms with Crippen molar-refractivity contribution < 1.29 is 13.3 Å². The maximum absolute atomic E-state index is 13.3. The summed E-state index contributed by atoms with van der Waals surface area (Å²) < 4.78 is 32.7. The van der Waals surface area contributed by atoms with Crippen LogP contribution in [0.15, 0.2) is 27.6 Å². The van der Waals surface area contributed by atoms with E-state index in [-0.39, 0.29) is 5.82 Å². The van der Waals surface area contributed by atoms with Gasteiger partial charge in [0.05, 0.1) is 22.6 Å². The van der Waals surface area contributed by atoms with E-state index in [1.807, 2.05) is 0 Å². The van der Waals surface area contributed by atoms with E-state index in [1.165, 1.54) is 6.07 Å². The SMILES string of the molecule is O=S(c1ccc(Br)c(F)c1)N1CCOCC1. The van der Waals surface area contributed by atoms with Crippen molar-refractivity contribution in [3.63, 3.8) is 0 Å². The van der Waals surface area contributed by atoms with Crippen molar-refractivity contribution in [3.05, 3.63) is 28.5 Å². The zero-order chi connectivity index (χ0) is 11.5. The highest BCUT2D eigenvalue weighted by Crippen LogP contribution is 2.20. The Bertz CT molecular complexity index is 410. The second-order valence-corrected chi connectivity index (χ2v) is 5.71. The minimum atomic E-state index is -1.30. The molecule has 0 aliphatic carbocycles. The lowest BCUT2D eigenvalue weighted by molar-refractivity contribution is 0.0752. The molecule has 0 saturated carbocycles. The topological polar surface area (TPSA) is 29.5 Å². The van der Waals surface area contributed by atoms with Crippen LogP contribution in [0.1, 0.15) is 0 Å². The van der Waals surface area contributed by atoms with E-state index in [2.05, 4.69) is 15.9 Å². The monoisotopic (exact) mass is 307 g/mol. The first-order chi connectivity index (χ1) is 7.68. The summed E-state index contributed by atoms with van der Waals surface area (Å²) >= 11 is 3.07. The highest BCUT2D eigenvalue weighted by molar-refractivity contribution is 9.10. The Hall–Kier alpha value is -0.300. The molecule has 1 fully saturated rings. The van der Waals surface area contributed by atoms with Crippen LogP contribution in [0.4, 0.5) is 4.39 Å². The second kappa shape index (κ2) is 5.35. The molecule has 1 aromatic carbocycles. The fourth-order valence-electron chi connectivity index (χ4n) is 1.45. The Balaban J connectivity index is 2.16. The molecule has 1 unspecified atom stereocenters. The maximum Gasteiger partial charge on any atom is 0.138 e. The van der Waals surface area contributed by atoms with E-state index < -0.39 is 11.0 Å². The van der Waals surface area contributed by atoms with Gasteiger partial charge in [-0.2, -0.15) is 0 Å². The molecule has 0 radical (unpaired) electrons. The summed E-state index contributed by atoms with van der Waals surface area (Å²) in [5.41, 5.74) is 0. The van der Waals surface area contributed by atoms with Crippen LogP contribution in [0, 0.1) is 5.82 Å². The second-order valence-electron chi connectivity index (χ2n) is 3.37. The van der Waals surface area contributed by atoms with Gasteiger partial charge in [-0.3, -0.25) is 0 Å². The van der Waals surface area contributed by atoms with Gasteiger partial charge in [0.2, 0.25) is 0 Å². The molecule has 0 aromatic heterocycles. The van der Waals surface area contributed by atoms with Crippen molar-refractivity contribution >= 4 is 26.9 Å². The average molecular weight is 308 g/mol. The third kappa shape index (κ3) is 2.68. The molecule has 6 heteroatoms. The first kappa shape index (κ1) is 12.2. The van der Waals surface area contributed by atoms with Gasteiger partial charge in [0.15, 0.2) is 0 Å². The standard InChI is InChI=1S/C10H11BrFNO2S/c11-9-2-1-8(7-10(9)12)16(14)13-3-5-15-6-4-13/h1-2,7H,3-6H2. The van der Waals surface area contributed by atoms with Gasteiger partial charge < -0.3 is 4.74 Å². The van der Waals surface area contributed by atoms with Crippen LogP contribution in [-0.2, 0) is 15.7 Å². The number of hydrogen-bond donors (Lipinski definition) is 0. The fourth-order valence-corrected chi connectivity index (χ4v) is 2.86. The van der Waals surface area contributed by atoms with Gasteiger partial charge in [-0.05, 0) is 34.1 Å². The van der Waals surface area contributed by atoms with Crippen LogP contribution in [0.25, 0.3) is 0 Å². The van der Waals surface area contributed by atoms with Crippen LogP contribution < -0.4 is 0 Å². The molecule has 1 aliphatic heterocycles. The molecule has 0 spiro atoms. The van der Waals surface area contributed by atoms with Gasteiger partial charge in [-0.1, -0.05) is 0 Å². The van der Waals surface area contributed by atoms with E-state index in [4.69, 9.17) is 4.74 Å². The van der Waals surface area contributed by atoms with Gasteiger partial charge in [-0.15, -0.1) is 0 Å². The predicted octanol–water partition coefficient (Wildman–Crippen LogP) is 1.94. The Labute approximate surface area is 104 Å². The van der Waals surface area contributed by atoms with Crippen molar-refractivity contribution in [2.45, 2.75) is 4.90 Å². The van der Waals surface area contributed by atoms with E-state index in [9.17, 15) is 8.60 Å². The summed E-state index contributed by atoms with van der Waals surface area (Å²) in [6.45, 7) is 2.38. The van der Waals surface area contributed by atoms with Gasteiger partial charge in [0.1, 0.15) is 16.8 Å². The lowest BCUT2D eigenvalue weighted by Crippen LogP contribution is -2.37. The Morgan fingerprint density at radius 2 is 2.06 bits per heavy atom. The zero-order valence-electron chi connectivity index (χ0n) is 8.49. The van der Waals surface area contributed by atoms with Crippen LogP contribution >= 0.6 is 15.9 Å². The van der Waals surface area contributed by atoms with Gasteiger partial charge in [-0.25, -0.2) is 12.9 Å². The molecule has 16 heavy (non-hydrogen) atoms. The minimum absolute atomic E-state index is 0.384. The molecule has 88 valence electrons. The molecule has 1 aromatic rings. The predicted molar refractivity (Wildman–Crippen MR) is 62.9 cm³/mol. The normalized spacial score (nSPS) is 19.6. The van der Waals surface area contributed by atoms with Crippen LogP contribution in [0.3, 0.4) is 0 Å². The molecule has 3 nitrogen and oxygen atoms in total.